The minimum Gasteiger partial charge on any atom is -0.451 e. The van der Waals surface area contributed by atoms with Gasteiger partial charge >= 0.3 is 5.97 Å². The van der Waals surface area contributed by atoms with Gasteiger partial charge in [0.25, 0.3) is 5.89 Å². The molecule has 26 heavy (non-hydrogen) atoms. The number of para-hydroxylation sites is 1. The quantitative estimate of drug-likeness (QED) is 0.447. The summed E-state index contributed by atoms with van der Waals surface area (Å²) in [4.78, 5) is 22.5. The van der Waals surface area contributed by atoms with Crippen LogP contribution in [0.1, 0.15) is 34.7 Å². The van der Waals surface area contributed by atoms with Crippen molar-refractivity contribution in [3.05, 3.63) is 53.0 Å². The highest BCUT2D eigenvalue weighted by atomic mass is 32.1. The van der Waals surface area contributed by atoms with Gasteiger partial charge in [-0.25, -0.2) is 9.78 Å². The van der Waals surface area contributed by atoms with Gasteiger partial charge in [-0.2, -0.15) is 4.98 Å². The highest BCUT2D eigenvalue weighted by molar-refractivity contribution is 7.26. The number of hydrogen-bond donors (Lipinski definition) is 0. The van der Waals surface area contributed by atoms with Gasteiger partial charge in [0.15, 0.2) is 12.4 Å². The third-order valence-electron chi connectivity index (χ3n) is 3.62. The zero-order valence-corrected chi connectivity index (χ0v) is 15.6. The van der Waals surface area contributed by atoms with E-state index in [1.165, 1.54) is 11.3 Å². The number of nitrogens with zero attached hydrogens (tertiary/aromatic N) is 3. The fourth-order valence-electron chi connectivity index (χ4n) is 2.41. The van der Waals surface area contributed by atoms with E-state index >= 15 is 0 Å². The number of carbonyl (C=O) groups is 1. The molecule has 0 spiro atoms. The number of fused-ring (bicyclic) bond motifs is 1. The molecule has 0 amide bonds. The van der Waals surface area contributed by atoms with Crippen molar-refractivity contribution in [2.75, 3.05) is 0 Å². The number of rotatable bonds is 6. The predicted molar refractivity (Wildman–Crippen MR) is 100 cm³/mol. The maximum Gasteiger partial charge on any atom is 0.348 e. The lowest BCUT2D eigenvalue weighted by atomic mass is 10.3. The third kappa shape index (κ3) is 3.51. The van der Waals surface area contributed by atoms with Gasteiger partial charge in [0.1, 0.15) is 9.88 Å². The molecule has 0 aliphatic heterocycles. The Morgan fingerprint density at radius 1 is 1.15 bits per heavy atom. The first-order valence-electron chi connectivity index (χ1n) is 8.17. The average Bonchev–Trinajstić information content (AvgIpc) is 3.38. The molecule has 4 aromatic rings. The van der Waals surface area contributed by atoms with Gasteiger partial charge in [0.05, 0.1) is 15.1 Å². The molecule has 0 aliphatic carbocycles. The Morgan fingerprint density at radius 3 is 2.88 bits per heavy atom. The third-order valence-corrected chi connectivity index (χ3v) is 5.89. The standard InChI is InChI=1S/C18H15N3O3S2/c1-2-5-15-20-16(24-21-15)10-23-18(22)14-9-8-13(25-14)17-19-11-6-3-4-7-12(11)26-17/h3-4,6-9H,2,5,10H2,1H3. The smallest absolute Gasteiger partial charge is 0.348 e. The molecule has 132 valence electrons. The molecular formula is C18H15N3O3S2. The summed E-state index contributed by atoms with van der Waals surface area (Å²) in [5.41, 5.74) is 0.962. The number of aromatic nitrogens is 3. The number of aryl methyl sites for hydroxylation is 1. The Bertz CT molecular complexity index is 1020. The molecular weight excluding hydrogens is 370 g/mol. The molecule has 1 aromatic carbocycles. The van der Waals surface area contributed by atoms with Gasteiger partial charge in [0, 0.05) is 6.42 Å². The minimum atomic E-state index is -0.405. The Kier molecular flexibility index (Phi) is 4.77. The zero-order chi connectivity index (χ0) is 17.9. The van der Waals surface area contributed by atoms with Gasteiger partial charge in [-0.15, -0.1) is 22.7 Å². The lowest BCUT2D eigenvalue weighted by molar-refractivity contribution is 0.0435. The lowest BCUT2D eigenvalue weighted by Gasteiger charge is -1.98. The summed E-state index contributed by atoms with van der Waals surface area (Å²) in [5.74, 6) is 0.537. The van der Waals surface area contributed by atoms with Crippen molar-refractivity contribution in [2.24, 2.45) is 0 Å². The number of benzene rings is 1. The van der Waals surface area contributed by atoms with E-state index in [0.29, 0.717) is 16.6 Å². The molecule has 3 aromatic heterocycles. The SMILES string of the molecule is CCCc1noc(COC(=O)c2ccc(-c3nc4ccccc4s3)s2)n1. The molecule has 0 bridgehead atoms. The van der Waals surface area contributed by atoms with Gasteiger partial charge in [-0.05, 0) is 30.7 Å². The summed E-state index contributed by atoms with van der Waals surface area (Å²) in [6, 6.07) is 11.6. The fourth-order valence-corrected chi connectivity index (χ4v) is 4.33. The highest BCUT2D eigenvalue weighted by Gasteiger charge is 2.16. The molecule has 4 rings (SSSR count). The number of thiazole rings is 1. The van der Waals surface area contributed by atoms with E-state index in [0.717, 1.165) is 32.9 Å². The maximum atomic E-state index is 12.2. The van der Waals surface area contributed by atoms with Crippen LogP contribution in [0.2, 0.25) is 0 Å². The van der Waals surface area contributed by atoms with E-state index < -0.39 is 5.97 Å². The van der Waals surface area contributed by atoms with Crippen LogP contribution in [0.5, 0.6) is 0 Å². The van der Waals surface area contributed by atoms with Crippen LogP contribution in [0, 0.1) is 0 Å². The van der Waals surface area contributed by atoms with E-state index in [4.69, 9.17) is 9.26 Å². The second-order valence-electron chi connectivity index (χ2n) is 5.58. The fraction of sp³-hybridized carbons (Fsp3) is 0.222. The van der Waals surface area contributed by atoms with E-state index in [1.807, 2.05) is 37.3 Å². The normalized spacial score (nSPS) is 11.1. The van der Waals surface area contributed by atoms with Crippen LogP contribution in [0.25, 0.3) is 20.1 Å². The summed E-state index contributed by atoms with van der Waals surface area (Å²) >= 11 is 2.97. The van der Waals surface area contributed by atoms with Crippen LogP contribution in [0.4, 0.5) is 0 Å². The summed E-state index contributed by atoms with van der Waals surface area (Å²) in [5, 5.41) is 4.74. The van der Waals surface area contributed by atoms with E-state index in [2.05, 4.69) is 15.1 Å². The second kappa shape index (κ2) is 7.35. The van der Waals surface area contributed by atoms with E-state index in [9.17, 15) is 4.79 Å². The predicted octanol–water partition coefficient (Wildman–Crippen LogP) is 4.72. The van der Waals surface area contributed by atoms with Crippen LogP contribution in [0.3, 0.4) is 0 Å². The molecule has 0 unspecified atom stereocenters. The molecule has 6 nitrogen and oxygen atoms in total. The first kappa shape index (κ1) is 16.9. The molecule has 0 N–H and O–H groups in total. The van der Waals surface area contributed by atoms with Crippen molar-refractivity contribution < 1.29 is 14.1 Å². The van der Waals surface area contributed by atoms with Gasteiger partial charge in [0.2, 0.25) is 0 Å². The molecule has 0 saturated carbocycles. The van der Waals surface area contributed by atoms with Crippen molar-refractivity contribution in [3.63, 3.8) is 0 Å². The van der Waals surface area contributed by atoms with Crippen molar-refractivity contribution in [3.8, 4) is 9.88 Å². The summed E-state index contributed by atoms with van der Waals surface area (Å²) in [7, 11) is 0. The van der Waals surface area contributed by atoms with Crippen molar-refractivity contribution in [1.29, 1.82) is 0 Å². The van der Waals surface area contributed by atoms with Crippen LogP contribution >= 0.6 is 22.7 Å². The Hall–Kier alpha value is -2.58. The van der Waals surface area contributed by atoms with E-state index in [-0.39, 0.29) is 6.61 Å². The minimum absolute atomic E-state index is 0.0239. The Balaban J connectivity index is 1.44. The van der Waals surface area contributed by atoms with Crippen LogP contribution in [-0.4, -0.2) is 21.1 Å². The average molecular weight is 385 g/mol. The Morgan fingerprint density at radius 2 is 2.04 bits per heavy atom. The monoisotopic (exact) mass is 385 g/mol. The molecule has 0 fully saturated rings. The molecule has 0 saturated heterocycles. The highest BCUT2D eigenvalue weighted by Crippen LogP contribution is 2.34. The van der Waals surface area contributed by atoms with Gasteiger partial charge in [-0.3, -0.25) is 0 Å². The topological polar surface area (TPSA) is 78.1 Å². The second-order valence-corrected chi connectivity index (χ2v) is 7.70. The largest absolute Gasteiger partial charge is 0.451 e. The van der Waals surface area contributed by atoms with Crippen molar-refractivity contribution >= 4 is 38.9 Å². The molecule has 3 heterocycles. The first-order chi connectivity index (χ1) is 12.7. The first-order valence-corrected chi connectivity index (χ1v) is 9.80. The number of carbonyl (C=O) groups excluding carboxylic acids is 1. The van der Waals surface area contributed by atoms with Crippen LogP contribution in [-0.2, 0) is 17.8 Å². The Labute approximate surface area is 157 Å². The lowest BCUT2D eigenvalue weighted by Crippen LogP contribution is -2.03. The number of thiophene rings is 1. The van der Waals surface area contributed by atoms with E-state index in [1.54, 1.807) is 17.4 Å². The maximum absolute atomic E-state index is 12.2. The molecule has 0 aliphatic rings. The summed E-state index contributed by atoms with van der Waals surface area (Å²) < 4.78 is 11.5. The number of hydrogen-bond acceptors (Lipinski definition) is 8. The molecule has 0 atom stereocenters. The van der Waals surface area contributed by atoms with Crippen LogP contribution < -0.4 is 0 Å². The zero-order valence-electron chi connectivity index (χ0n) is 14.0. The number of esters is 1. The van der Waals surface area contributed by atoms with Gasteiger partial charge < -0.3 is 9.26 Å². The van der Waals surface area contributed by atoms with Gasteiger partial charge in [-0.1, -0.05) is 24.2 Å². The summed E-state index contributed by atoms with van der Waals surface area (Å²) in [6.45, 7) is 2.01. The molecule has 8 heteroatoms. The summed E-state index contributed by atoms with van der Waals surface area (Å²) in [6.07, 6.45) is 1.68. The van der Waals surface area contributed by atoms with Crippen LogP contribution in [0.15, 0.2) is 40.9 Å². The molecule has 0 radical (unpaired) electrons. The van der Waals surface area contributed by atoms with Crippen molar-refractivity contribution in [2.45, 2.75) is 26.4 Å². The number of ether oxygens (including phenoxy) is 1. The van der Waals surface area contributed by atoms with Crippen molar-refractivity contribution in [1.82, 2.24) is 15.1 Å².